The summed E-state index contributed by atoms with van der Waals surface area (Å²) in [6.45, 7) is 0. The first kappa shape index (κ1) is 17.7. The van der Waals surface area contributed by atoms with Gasteiger partial charge in [-0.05, 0) is 0 Å². The number of fused-ring (bicyclic) bond motifs is 3. The maximum atomic E-state index is 14.9. The van der Waals surface area contributed by atoms with Gasteiger partial charge in [-0.3, -0.25) is 0 Å². The summed E-state index contributed by atoms with van der Waals surface area (Å²) in [4.78, 5) is 47.2. The molecule has 0 spiro atoms. The zero-order chi connectivity index (χ0) is 20.7. The molecule has 0 atom stereocenters. The third kappa shape index (κ3) is 1.94. The van der Waals surface area contributed by atoms with Crippen LogP contribution in [0.15, 0.2) is 28.0 Å². The van der Waals surface area contributed by atoms with Gasteiger partial charge in [0.05, 0.1) is 21.7 Å². The van der Waals surface area contributed by atoms with Crippen molar-refractivity contribution in [3.05, 3.63) is 76.6 Å². The van der Waals surface area contributed by atoms with Crippen molar-refractivity contribution >= 4 is 21.5 Å². The van der Waals surface area contributed by atoms with Crippen molar-refractivity contribution in [3.8, 4) is 11.1 Å². The molecule has 0 saturated carbocycles. The number of furan rings is 2. The summed E-state index contributed by atoms with van der Waals surface area (Å²) >= 11 is 0. The molecule has 0 unspecified atom stereocenters. The van der Waals surface area contributed by atoms with E-state index in [9.17, 15) is 45.5 Å². The van der Waals surface area contributed by atoms with Gasteiger partial charge in [0.2, 0.25) is 5.82 Å². The van der Waals surface area contributed by atoms with Crippen LogP contribution in [0.2, 0.25) is 0 Å². The first-order chi connectivity index (χ1) is 13.1. The molecule has 0 saturated heterocycles. The Hall–Kier alpha value is -3.70. The fraction of sp³-hybridized carbons (Fsp3) is 0. The van der Waals surface area contributed by atoms with Gasteiger partial charge in [0.1, 0.15) is 11.2 Å². The highest BCUT2D eigenvalue weighted by Crippen LogP contribution is 2.38. The first-order valence-corrected chi connectivity index (χ1v) is 7.02. The molecule has 0 aliphatic carbocycles. The summed E-state index contributed by atoms with van der Waals surface area (Å²) in [6, 6.07) is 0. The first-order valence-electron chi connectivity index (χ1n) is 7.02. The topological polar surface area (TPSA) is 94.6 Å². The van der Waals surface area contributed by atoms with E-state index in [2.05, 4.69) is 8.83 Å². The lowest BCUT2D eigenvalue weighted by molar-refractivity contribution is 0.381. The lowest BCUT2D eigenvalue weighted by atomic mass is 9.95. The van der Waals surface area contributed by atoms with Crippen LogP contribution in [0.5, 0.6) is 0 Å². The quantitative estimate of drug-likeness (QED) is 0.275. The zero-order valence-corrected chi connectivity index (χ0v) is 12.7. The molecule has 0 aliphatic heterocycles. The van der Waals surface area contributed by atoms with E-state index in [0.29, 0.717) is 0 Å². The maximum absolute atomic E-state index is 14.9. The summed E-state index contributed by atoms with van der Waals surface area (Å²) in [5, 5.41) is -4.73. The van der Waals surface area contributed by atoms with Crippen LogP contribution in [0.3, 0.4) is 0 Å². The van der Waals surface area contributed by atoms with Crippen LogP contribution in [0.4, 0.5) is 26.3 Å². The van der Waals surface area contributed by atoms with E-state index in [1.54, 1.807) is 0 Å². The standard InChI is InChI=1S/C16F6O6/c17-7-1(5-8(18)10(20)12(22)11(21)9(5)19)2-3(14(24)27-13(2)23)4-6(7)16(26)28-15(4)25. The Bertz CT molecular complexity index is 1520. The highest BCUT2D eigenvalue weighted by Gasteiger charge is 2.34. The summed E-state index contributed by atoms with van der Waals surface area (Å²) in [6.07, 6.45) is 0. The van der Waals surface area contributed by atoms with E-state index >= 15 is 0 Å². The van der Waals surface area contributed by atoms with Gasteiger partial charge in [0.25, 0.3) is 0 Å². The molecule has 2 heterocycles. The predicted octanol–water partition coefficient (Wildman–Crippen LogP) is 2.00. The summed E-state index contributed by atoms with van der Waals surface area (Å²) < 4.78 is 91.9. The Morgan fingerprint density at radius 3 is 1.25 bits per heavy atom. The summed E-state index contributed by atoms with van der Waals surface area (Å²) in [5.74, 6) is -14.6. The Balaban J connectivity index is 2.45. The fourth-order valence-corrected chi connectivity index (χ4v) is 2.96. The minimum absolute atomic E-state index is 1.05. The van der Waals surface area contributed by atoms with E-state index in [1.165, 1.54) is 0 Å². The van der Waals surface area contributed by atoms with Gasteiger partial charge in [0.15, 0.2) is 23.3 Å². The van der Waals surface area contributed by atoms with E-state index in [-0.39, 0.29) is 0 Å². The molecule has 4 rings (SSSR count). The highest BCUT2D eigenvalue weighted by atomic mass is 19.2. The monoisotopic (exact) mass is 402 g/mol. The van der Waals surface area contributed by atoms with Crippen LogP contribution in [0.1, 0.15) is 0 Å². The summed E-state index contributed by atoms with van der Waals surface area (Å²) in [5.41, 5.74) is -10.1. The van der Waals surface area contributed by atoms with Crippen LogP contribution < -0.4 is 22.5 Å². The molecule has 28 heavy (non-hydrogen) atoms. The fourth-order valence-electron chi connectivity index (χ4n) is 2.96. The van der Waals surface area contributed by atoms with Crippen LogP contribution in [0.25, 0.3) is 32.7 Å². The molecule has 12 heteroatoms. The molecular formula is C16F6O6. The molecule has 0 N–H and O–H groups in total. The van der Waals surface area contributed by atoms with Crippen molar-refractivity contribution in [1.82, 2.24) is 0 Å². The zero-order valence-electron chi connectivity index (χ0n) is 12.7. The molecule has 2 aromatic carbocycles. The Labute approximate surface area is 145 Å². The lowest BCUT2D eigenvalue weighted by Gasteiger charge is -2.10. The number of halogens is 6. The third-order valence-electron chi connectivity index (χ3n) is 4.09. The van der Waals surface area contributed by atoms with Crippen molar-refractivity contribution in [1.29, 1.82) is 0 Å². The molecule has 0 aliphatic rings. The van der Waals surface area contributed by atoms with Crippen molar-refractivity contribution in [2.45, 2.75) is 0 Å². The Morgan fingerprint density at radius 1 is 0.393 bits per heavy atom. The Morgan fingerprint density at radius 2 is 0.750 bits per heavy atom. The third-order valence-corrected chi connectivity index (χ3v) is 4.09. The van der Waals surface area contributed by atoms with Crippen molar-refractivity contribution < 1.29 is 35.2 Å². The second-order valence-corrected chi connectivity index (χ2v) is 5.49. The van der Waals surface area contributed by atoms with Crippen molar-refractivity contribution in [3.63, 3.8) is 0 Å². The second-order valence-electron chi connectivity index (χ2n) is 5.49. The molecule has 0 fully saturated rings. The van der Waals surface area contributed by atoms with Gasteiger partial charge in [-0.1, -0.05) is 0 Å². The Kier molecular flexibility index (Phi) is 3.42. The van der Waals surface area contributed by atoms with E-state index in [0.717, 1.165) is 0 Å². The van der Waals surface area contributed by atoms with Gasteiger partial charge in [-0.25, -0.2) is 45.5 Å². The van der Waals surface area contributed by atoms with Crippen LogP contribution >= 0.6 is 0 Å². The number of benzene rings is 2. The minimum atomic E-state index is -2.56. The van der Waals surface area contributed by atoms with Crippen molar-refractivity contribution in [2.24, 2.45) is 0 Å². The molecule has 6 nitrogen and oxygen atoms in total. The lowest BCUT2D eigenvalue weighted by Crippen LogP contribution is -2.08. The van der Waals surface area contributed by atoms with Crippen LogP contribution in [0, 0.1) is 34.9 Å². The average Bonchev–Trinajstić information content (AvgIpc) is 3.09. The van der Waals surface area contributed by atoms with E-state index in [4.69, 9.17) is 0 Å². The van der Waals surface area contributed by atoms with E-state index < -0.39 is 90.1 Å². The maximum Gasteiger partial charge on any atom is 0.349 e. The number of hydrogen-bond acceptors (Lipinski definition) is 6. The molecule has 142 valence electrons. The smallest absolute Gasteiger partial charge is 0.349 e. The van der Waals surface area contributed by atoms with Gasteiger partial charge in [-0.2, -0.15) is 0 Å². The van der Waals surface area contributed by atoms with Gasteiger partial charge in [0, 0.05) is 5.56 Å². The van der Waals surface area contributed by atoms with Crippen molar-refractivity contribution in [2.75, 3.05) is 0 Å². The predicted molar refractivity (Wildman–Crippen MR) is 78.6 cm³/mol. The van der Waals surface area contributed by atoms with Crippen LogP contribution in [-0.2, 0) is 0 Å². The molecule has 0 bridgehead atoms. The molecule has 0 amide bonds. The largest absolute Gasteiger partial charge is 0.386 e. The van der Waals surface area contributed by atoms with Crippen LogP contribution in [-0.4, -0.2) is 0 Å². The van der Waals surface area contributed by atoms with Gasteiger partial charge >= 0.3 is 22.5 Å². The number of hydrogen-bond donors (Lipinski definition) is 0. The molecule has 0 radical (unpaired) electrons. The van der Waals surface area contributed by atoms with Gasteiger partial charge < -0.3 is 8.83 Å². The summed E-state index contributed by atoms with van der Waals surface area (Å²) in [7, 11) is 0. The molecule has 4 aromatic rings. The van der Waals surface area contributed by atoms with E-state index in [1.807, 2.05) is 0 Å². The SMILES string of the molecule is O=c1oc(=O)c2c1c(F)c(-c1c(F)c(F)c(F)c(F)c1F)c1c(=O)oc(=O)c12. The number of rotatable bonds is 1. The average molecular weight is 402 g/mol. The second kappa shape index (κ2) is 5.41. The molecular weight excluding hydrogens is 402 g/mol. The highest BCUT2D eigenvalue weighted by molar-refractivity contribution is 6.13. The normalized spacial score (nSPS) is 11.8. The minimum Gasteiger partial charge on any atom is -0.386 e. The van der Waals surface area contributed by atoms with Gasteiger partial charge in [-0.15, -0.1) is 0 Å². The molecule has 2 aromatic heterocycles.